The van der Waals surface area contributed by atoms with Crippen LogP contribution in [-0.4, -0.2) is 17.6 Å². The Bertz CT molecular complexity index is 565. The maximum atomic E-state index is 11.7. The summed E-state index contributed by atoms with van der Waals surface area (Å²) in [4.78, 5) is 15.8. The number of oxazole rings is 1. The third-order valence-electron chi connectivity index (χ3n) is 2.76. The Morgan fingerprint density at radius 1 is 1.37 bits per heavy atom. The van der Waals surface area contributed by atoms with Crippen LogP contribution in [0.15, 0.2) is 22.6 Å². The molecule has 0 fully saturated rings. The number of esters is 1. The molecule has 1 aromatic carbocycles. The number of hydrogen-bond acceptors (Lipinski definition) is 4. The molecular formula is C14H16ClNO3. The molecule has 5 heteroatoms. The fraction of sp³-hybridized carbons (Fsp3) is 0.429. The molecular weight excluding hydrogens is 266 g/mol. The summed E-state index contributed by atoms with van der Waals surface area (Å²) in [7, 11) is 0. The number of rotatable bonds is 6. The lowest BCUT2D eigenvalue weighted by molar-refractivity contribution is 0.0455. The molecule has 0 radical (unpaired) electrons. The van der Waals surface area contributed by atoms with Crippen LogP contribution in [0.5, 0.6) is 0 Å². The van der Waals surface area contributed by atoms with Gasteiger partial charge in [0.1, 0.15) is 5.52 Å². The second-order valence-corrected chi connectivity index (χ2v) is 4.76. The predicted octanol–water partition coefficient (Wildman–Crippen LogP) is 4.22. The van der Waals surface area contributed by atoms with Crippen molar-refractivity contribution >= 4 is 28.7 Å². The molecule has 2 aromatic rings. The van der Waals surface area contributed by atoms with Crippen LogP contribution in [-0.2, 0) is 4.74 Å². The number of hydrogen-bond donors (Lipinski definition) is 0. The molecule has 2 rings (SSSR count). The summed E-state index contributed by atoms with van der Waals surface area (Å²) >= 11 is 5.84. The lowest BCUT2D eigenvalue weighted by Crippen LogP contribution is -2.06. The van der Waals surface area contributed by atoms with Crippen LogP contribution in [0.25, 0.3) is 11.1 Å². The third-order valence-corrected chi connectivity index (χ3v) is 2.99. The van der Waals surface area contributed by atoms with Crippen molar-refractivity contribution in [2.45, 2.75) is 32.6 Å². The van der Waals surface area contributed by atoms with E-state index in [0.717, 1.165) is 25.7 Å². The number of unbranched alkanes of at least 4 members (excludes halogenated alkanes) is 3. The fourth-order valence-corrected chi connectivity index (χ4v) is 1.91. The highest BCUT2D eigenvalue weighted by Gasteiger charge is 2.15. The topological polar surface area (TPSA) is 52.3 Å². The number of benzene rings is 1. The second kappa shape index (κ2) is 6.57. The van der Waals surface area contributed by atoms with E-state index in [0.29, 0.717) is 22.7 Å². The molecule has 1 aromatic heterocycles. The average molecular weight is 282 g/mol. The van der Waals surface area contributed by atoms with Crippen molar-refractivity contribution < 1.29 is 13.9 Å². The van der Waals surface area contributed by atoms with E-state index in [2.05, 4.69) is 11.9 Å². The van der Waals surface area contributed by atoms with Crippen LogP contribution in [0.3, 0.4) is 0 Å². The largest absolute Gasteiger partial charge is 0.459 e. The number of ether oxygens (including phenoxy) is 1. The summed E-state index contributed by atoms with van der Waals surface area (Å²) in [5.41, 5.74) is 1.09. The van der Waals surface area contributed by atoms with E-state index in [4.69, 9.17) is 20.8 Å². The lowest BCUT2D eigenvalue weighted by Gasteiger charge is -2.00. The van der Waals surface area contributed by atoms with E-state index in [1.54, 1.807) is 18.2 Å². The van der Waals surface area contributed by atoms with E-state index in [1.807, 2.05) is 0 Å². The zero-order valence-corrected chi connectivity index (χ0v) is 11.6. The molecule has 0 bridgehead atoms. The second-order valence-electron chi connectivity index (χ2n) is 4.33. The molecule has 102 valence electrons. The Balaban J connectivity index is 1.94. The Labute approximate surface area is 116 Å². The molecule has 0 aliphatic carbocycles. The van der Waals surface area contributed by atoms with E-state index >= 15 is 0 Å². The van der Waals surface area contributed by atoms with Gasteiger partial charge >= 0.3 is 11.9 Å². The maximum Gasteiger partial charge on any atom is 0.394 e. The predicted molar refractivity (Wildman–Crippen MR) is 73.4 cm³/mol. The first-order valence-corrected chi connectivity index (χ1v) is 6.81. The first-order chi connectivity index (χ1) is 9.20. The molecule has 1 heterocycles. The molecule has 0 N–H and O–H groups in total. The SMILES string of the molecule is CCCCCCOC(=O)c1nc2cc(Cl)ccc2o1. The van der Waals surface area contributed by atoms with E-state index < -0.39 is 5.97 Å². The summed E-state index contributed by atoms with van der Waals surface area (Å²) in [6.07, 6.45) is 4.23. The maximum absolute atomic E-state index is 11.7. The highest BCUT2D eigenvalue weighted by Crippen LogP contribution is 2.20. The lowest BCUT2D eigenvalue weighted by atomic mass is 10.2. The first kappa shape index (κ1) is 13.9. The molecule has 4 nitrogen and oxygen atoms in total. The van der Waals surface area contributed by atoms with Crippen LogP contribution in [0.2, 0.25) is 5.02 Å². The van der Waals surface area contributed by atoms with Crippen molar-refractivity contribution in [3.8, 4) is 0 Å². The number of carbonyl (C=O) groups is 1. The number of aromatic nitrogens is 1. The number of halogens is 1. The summed E-state index contributed by atoms with van der Waals surface area (Å²) in [5, 5.41) is 0.556. The average Bonchev–Trinajstić information content (AvgIpc) is 2.81. The zero-order chi connectivity index (χ0) is 13.7. The molecule has 19 heavy (non-hydrogen) atoms. The van der Waals surface area contributed by atoms with Crippen LogP contribution in [0.1, 0.15) is 43.3 Å². The van der Waals surface area contributed by atoms with Crippen LogP contribution >= 0.6 is 11.6 Å². The standard InChI is InChI=1S/C14H16ClNO3/c1-2-3-4-5-8-18-14(17)13-16-11-9-10(15)6-7-12(11)19-13/h6-7,9H,2-5,8H2,1H3. The highest BCUT2D eigenvalue weighted by atomic mass is 35.5. The van der Waals surface area contributed by atoms with E-state index in [9.17, 15) is 4.79 Å². The van der Waals surface area contributed by atoms with Crippen molar-refractivity contribution in [3.63, 3.8) is 0 Å². The molecule has 0 aliphatic heterocycles. The van der Waals surface area contributed by atoms with Crippen molar-refractivity contribution in [2.75, 3.05) is 6.61 Å². The van der Waals surface area contributed by atoms with Crippen molar-refractivity contribution in [3.05, 3.63) is 29.1 Å². The molecule has 0 saturated carbocycles. The fourth-order valence-electron chi connectivity index (χ4n) is 1.74. The minimum Gasteiger partial charge on any atom is -0.459 e. The van der Waals surface area contributed by atoms with Gasteiger partial charge in [0.05, 0.1) is 6.61 Å². The van der Waals surface area contributed by atoms with Crippen LogP contribution < -0.4 is 0 Å². The minimum absolute atomic E-state index is 0.0206. The first-order valence-electron chi connectivity index (χ1n) is 6.44. The van der Waals surface area contributed by atoms with Gasteiger partial charge in [0.15, 0.2) is 5.58 Å². The van der Waals surface area contributed by atoms with Gasteiger partial charge in [-0.15, -0.1) is 0 Å². The smallest absolute Gasteiger partial charge is 0.394 e. The van der Waals surface area contributed by atoms with Gasteiger partial charge in [-0.2, -0.15) is 0 Å². The van der Waals surface area contributed by atoms with Gasteiger partial charge in [-0.05, 0) is 24.6 Å². The van der Waals surface area contributed by atoms with Gasteiger partial charge in [-0.25, -0.2) is 9.78 Å². The van der Waals surface area contributed by atoms with Crippen molar-refractivity contribution in [1.82, 2.24) is 4.98 Å². The Kier molecular flexibility index (Phi) is 4.80. The summed E-state index contributed by atoms with van der Waals surface area (Å²) in [6, 6.07) is 5.02. The minimum atomic E-state index is -0.524. The van der Waals surface area contributed by atoms with Crippen LogP contribution in [0, 0.1) is 0 Å². The third kappa shape index (κ3) is 3.70. The number of fused-ring (bicyclic) bond motifs is 1. The Hall–Kier alpha value is -1.55. The van der Waals surface area contributed by atoms with Gasteiger partial charge in [0, 0.05) is 5.02 Å². The van der Waals surface area contributed by atoms with Gasteiger partial charge < -0.3 is 9.15 Å². The highest BCUT2D eigenvalue weighted by molar-refractivity contribution is 6.31. The van der Waals surface area contributed by atoms with Gasteiger partial charge in [-0.3, -0.25) is 0 Å². The van der Waals surface area contributed by atoms with E-state index in [1.165, 1.54) is 0 Å². The number of nitrogens with zero attached hydrogens (tertiary/aromatic N) is 1. The molecule has 0 aliphatic rings. The Morgan fingerprint density at radius 3 is 3.00 bits per heavy atom. The normalized spacial score (nSPS) is 10.8. The van der Waals surface area contributed by atoms with Gasteiger partial charge in [0.2, 0.25) is 0 Å². The quantitative estimate of drug-likeness (QED) is 0.588. The molecule has 0 spiro atoms. The molecule has 0 atom stereocenters. The summed E-state index contributed by atoms with van der Waals surface area (Å²) in [6.45, 7) is 2.54. The van der Waals surface area contributed by atoms with Crippen molar-refractivity contribution in [1.29, 1.82) is 0 Å². The van der Waals surface area contributed by atoms with Crippen molar-refractivity contribution in [2.24, 2.45) is 0 Å². The summed E-state index contributed by atoms with van der Waals surface area (Å²) in [5.74, 6) is -0.545. The summed E-state index contributed by atoms with van der Waals surface area (Å²) < 4.78 is 10.4. The monoisotopic (exact) mass is 281 g/mol. The zero-order valence-electron chi connectivity index (χ0n) is 10.8. The molecule has 0 amide bonds. The van der Waals surface area contributed by atoms with Gasteiger partial charge in [0.25, 0.3) is 0 Å². The van der Waals surface area contributed by atoms with E-state index in [-0.39, 0.29) is 5.89 Å². The number of carbonyl (C=O) groups excluding carboxylic acids is 1. The Morgan fingerprint density at radius 2 is 2.21 bits per heavy atom. The molecule has 0 unspecified atom stereocenters. The van der Waals surface area contributed by atoms with Crippen LogP contribution in [0.4, 0.5) is 0 Å². The molecule has 0 saturated heterocycles. The van der Waals surface area contributed by atoms with Gasteiger partial charge in [-0.1, -0.05) is 37.8 Å².